The summed E-state index contributed by atoms with van der Waals surface area (Å²) in [6.45, 7) is 0. The van der Waals surface area contributed by atoms with Gasteiger partial charge in [-0.2, -0.15) is 23.5 Å². The lowest BCUT2D eigenvalue weighted by Crippen LogP contribution is -2.60. The Kier molecular flexibility index (Phi) is 9.85. The van der Waals surface area contributed by atoms with Crippen LogP contribution in [0.25, 0.3) is 0 Å². The van der Waals surface area contributed by atoms with E-state index in [9.17, 15) is 0 Å². The molecule has 0 amide bonds. The fourth-order valence-corrected chi connectivity index (χ4v) is 22.6. The molecule has 8 aliphatic carbocycles. The summed E-state index contributed by atoms with van der Waals surface area (Å²) in [5, 5.41) is 3.95. The maximum Gasteiger partial charge on any atom is 0.0625 e. The lowest BCUT2D eigenvalue weighted by Gasteiger charge is -2.54. The summed E-state index contributed by atoms with van der Waals surface area (Å²) in [4.78, 5) is 3.46. The van der Waals surface area contributed by atoms with Gasteiger partial charge in [-0.05, 0) is 182 Å². The minimum absolute atomic E-state index is 0.573. The van der Waals surface area contributed by atoms with Gasteiger partial charge in [0.2, 0.25) is 0 Å². The molecule has 0 radical (unpaired) electrons. The maximum absolute atomic E-state index is 7.11. The number of nitrogens with zero attached hydrogens (tertiary/aromatic N) is 1. The summed E-state index contributed by atoms with van der Waals surface area (Å²) >= 11 is 5.17. The SMILES string of the molecule is C1CCC2C(C1)OC1CC(C3CCC(N(C4CCCC5C6CCC7SC8CCCCC8C7C6SC54)C4CCCC5OC6CCCCC6C54)CC3)CCC12. The standard InChI is InChI=1S/C48H75NO2S2/c1-4-15-39-31(9-1)32-24-21-29(27-42(32)51-39)28-19-22-30(23-20-28)49(37-13-8-17-41-45(37)35-10-2-5-16-40(35)50-41)38-14-7-12-33-34-25-26-44-46(48(34)53-47(33)38)36-11-3-6-18-43(36)52-44/h28-48H,1-27H2. The van der Waals surface area contributed by atoms with Gasteiger partial charge in [-0.15, -0.1) is 0 Å². The minimum atomic E-state index is 0.573. The Morgan fingerprint density at radius 3 is 1.87 bits per heavy atom. The molecule has 19 atom stereocenters. The van der Waals surface area contributed by atoms with E-state index in [1.54, 1.807) is 32.1 Å². The van der Waals surface area contributed by atoms with Crippen molar-refractivity contribution < 1.29 is 9.47 Å². The number of fused-ring (bicyclic) bond motifs is 13. The molecule has 0 spiro atoms. The van der Waals surface area contributed by atoms with Gasteiger partial charge in [-0.25, -0.2) is 0 Å². The first-order valence-corrected chi connectivity index (χ1v) is 26.5. The van der Waals surface area contributed by atoms with E-state index in [0.717, 1.165) is 98.3 Å². The Hall–Kier alpha value is 0.580. The Balaban J connectivity index is 0.810. The van der Waals surface area contributed by atoms with Crippen LogP contribution < -0.4 is 0 Å². The van der Waals surface area contributed by atoms with Crippen LogP contribution in [0, 0.1) is 59.2 Å². The van der Waals surface area contributed by atoms with Gasteiger partial charge in [-0.1, -0.05) is 44.9 Å². The molecular weight excluding hydrogens is 687 g/mol. The quantitative estimate of drug-likeness (QED) is 0.284. The van der Waals surface area contributed by atoms with Gasteiger partial charge in [0.1, 0.15) is 0 Å². The Morgan fingerprint density at radius 1 is 0.358 bits per heavy atom. The smallest absolute Gasteiger partial charge is 0.0625 e. The van der Waals surface area contributed by atoms with E-state index in [0.29, 0.717) is 24.4 Å². The number of hydrogen-bond acceptors (Lipinski definition) is 5. The first-order valence-electron chi connectivity index (χ1n) is 24.7. The predicted octanol–water partition coefficient (Wildman–Crippen LogP) is 11.7. The van der Waals surface area contributed by atoms with Crippen LogP contribution in [0.2, 0.25) is 0 Å². The summed E-state index contributed by atoms with van der Waals surface area (Å²) in [7, 11) is 0. The first kappa shape index (κ1) is 35.5. The highest BCUT2D eigenvalue weighted by Gasteiger charge is 2.61. The lowest BCUT2D eigenvalue weighted by atomic mass is 9.64. The normalized spacial score (nSPS) is 57.3. The Bertz CT molecular complexity index is 1300. The summed E-state index contributed by atoms with van der Waals surface area (Å²) in [6.07, 6.45) is 42.5. The molecule has 53 heavy (non-hydrogen) atoms. The van der Waals surface area contributed by atoms with E-state index < -0.39 is 0 Å². The second kappa shape index (κ2) is 14.7. The zero-order valence-electron chi connectivity index (χ0n) is 33.3. The van der Waals surface area contributed by atoms with Crippen LogP contribution in [0.5, 0.6) is 0 Å². The molecule has 0 aromatic carbocycles. The molecule has 0 aromatic rings. The van der Waals surface area contributed by atoms with Gasteiger partial charge in [0, 0.05) is 45.0 Å². The third kappa shape index (κ3) is 6.01. The van der Waals surface area contributed by atoms with Crippen molar-refractivity contribution in [3.8, 4) is 0 Å². The summed E-state index contributed by atoms with van der Waals surface area (Å²) in [6, 6.07) is 2.49. The van der Waals surface area contributed by atoms with E-state index in [1.807, 2.05) is 0 Å². The Labute approximate surface area is 332 Å². The number of ether oxygens (including phenoxy) is 2. The van der Waals surface area contributed by atoms with E-state index in [4.69, 9.17) is 9.47 Å². The van der Waals surface area contributed by atoms with Crippen molar-refractivity contribution >= 4 is 23.5 Å². The van der Waals surface area contributed by atoms with Crippen LogP contribution in [0.1, 0.15) is 173 Å². The second-order valence-corrected chi connectivity index (χ2v) is 24.7. The molecular formula is C48H75NO2S2. The highest BCUT2D eigenvalue weighted by molar-refractivity contribution is 8.02. The third-order valence-corrected chi connectivity index (χ3v) is 23.7. The summed E-state index contributed by atoms with van der Waals surface area (Å²) in [5.41, 5.74) is 0. The van der Waals surface area contributed by atoms with E-state index in [2.05, 4.69) is 28.4 Å². The van der Waals surface area contributed by atoms with Gasteiger partial charge >= 0.3 is 0 Å². The average molecular weight is 762 g/mol. The van der Waals surface area contributed by atoms with Crippen LogP contribution in [0.4, 0.5) is 0 Å². The van der Waals surface area contributed by atoms with E-state index in [-0.39, 0.29) is 0 Å². The molecule has 0 N–H and O–H groups in total. The summed E-state index contributed by atoms with van der Waals surface area (Å²) in [5.74, 6) is 9.62. The maximum atomic E-state index is 7.11. The van der Waals surface area contributed by atoms with E-state index in [1.165, 1.54) is 141 Å². The topological polar surface area (TPSA) is 21.7 Å². The van der Waals surface area contributed by atoms with Crippen LogP contribution in [0.15, 0.2) is 0 Å². The second-order valence-electron chi connectivity index (χ2n) is 21.9. The van der Waals surface area contributed by atoms with Crippen molar-refractivity contribution in [2.75, 3.05) is 0 Å². The average Bonchev–Trinajstić information content (AvgIpc) is 3.98. The monoisotopic (exact) mass is 762 g/mol. The largest absolute Gasteiger partial charge is 0.374 e. The zero-order chi connectivity index (χ0) is 34.6. The molecule has 12 aliphatic rings. The van der Waals surface area contributed by atoms with Gasteiger partial charge in [-0.3, -0.25) is 4.90 Å². The van der Waals surface area contributed by atoms with Crippen molar-refractivity contribution in [1.82, 2.24) is 4.90 Å². The van der Waals surface area contributed by atoms with Gasteiger partial charge in [0.05, 0.1) is 24.4 Å². The van der Waals surface area contributed by atoms with Crippen molar-refractivity contribution in [2.45, 2.75) is 237 Å². The molecule has 8 saturated carbocycles. The lowest BCUT2D eigenvalue weighted by molar-refractivity contribution is -0.0544. The van der Waals surface area contributed by atoms with Crippen molar-refractivity contribution in [3.05, 3.63) is 0 Å². The molecule has 5 heteroatoms. The minimum Gasteiger partial charge on any atom is -0.374 e. The van der Waals surface area contributed by atoms with Crippen molar-refractivity contribution in [2.24, 2.45) is 59.2 Å². The fourth-order valence-electron chi connectivity index (χ4n) is 17.9. The van der Waals surface area contributed by atoms with Crippen LogP contribution in [0.3, 0.4) is 0 Å². The van der Waals surface area contributed by atoms with Crippen molar-refractivity contribution in [1.29, 1.82) is 0 Å². The molecule has 0 aromatic heterocycles. The highest BCUT2D eigenvalue weighted by atomic mass is 32.2. The molecule has 4 heterocycles. The fraction of sp³-hybridized carbons (Fsp3) is 1.00. The molecule has 296 valence electrons. The number of rotatable bonds is 4. The van der Waals surface area contributed by atoms with Gasteiger partial charge in [0.25, 0.3) is 0 Å². The molecule has 12 fully saturated rings. The first-order chi connectivity index (χ1) is 26.3. The van der Waals surface area contributed by atoms with Crippen LogP contribution >= 0.6 is 23.5 Å². The molecule has 4 aliphatic heterocycles. The zero-order valence-corrected chi connectivity index (χ0v) is 34.9. The van der Waals surface area contributed by atoms with Crippen LogP contribution in [-0.4, -0.2) is 68.4 Å². The van der Waals surface area contributed by atoms with Crippen LogP contribution in [-0.2, 0) is 9.47 Å². The predicted molar refractivity (Wildman–Crippen MR) is 220 cm³/mol. The van der Waals surface area contributed by atoms with E-state index >= 15 is 0 Å². The number of thioether (sulfide) groups is 2. The van der Waals surface area contributed by atoms with Gasteiger partial charge in [0.15, 0.2) is 0 Å². The van der Waals surface area contributed by atoms with Crippen molar-refractivity contribution in [3.63, 3.8) is 0 Å². The molecule has 19 unspecified atom stereocenters. The molecule has 4 saturated heterocycles. The number of hydrogen-bond donors (Lipinski definition) is 0. The molecule has 12 rings (SSSR count). The molecule has 0 bridgehead atoms. The Morgan fingerprint density at radius 2 is 0.981 bits per heavy atom. The third-order valence-electron chi connectivity index (χ3n) is 19.9. The van der Waals surface area contributed by atoms with Gasteiger partial charge < -0.3 is 9.47 Å². The highest BCUT2D eigenvalue weighted by Crippen LogP contribution is 2.65. The molecule has 3 nitrogen and oxygen atoms in total. The summed E-state index contributed by atoms with van der Waals surface area (Å²) < 4.78 is 14.0.